The largest absolute Gasteiger partial charge is 0.342 e. The third-order valence-corrected chi connectivity index (χ3v) is 8.93. The lowest BCUT2D eigenvalue weighted by Crippen LogP contribution is -2.48. The van der Waals surface area contributed by atoms with Gasteiger partial charge in [0.25, 0.3) is 0 Å². The predicted octanol–water partition coefficient (Wildman–Crippen LogP) is 4.93. The summed E-state index contributed by atoms with van der Waals surface area (Å²) in [5.41, 5.74) is 5.40. The first-order valence-electron chi connectivity index (χ1n) is 15.0. The number of nitrogens with zero attached hydrogens (tertiary/aromatic N) is 6. The van der Waals surface area contributed by atoms with Crippen molar-refractivity contribution in [2.45, 2.75) is 57.9 Å². The van der Waals surface area contributed by atoms with Gasteiger partial charge in [-0.2, -0.15) is 0 Å². The van der Waals surface area contributed by atoms with Gasteiger partial charge in [0.1, 0.15) is 17.8 Å². The molecule has 3 aromatic heterocycles. The molecule has 4 heterocycles. The molecule has 0 spiro atoms. The average molecular weight is 554 g/mol. The standard InChI is InChI=1S/C32H36FN7O/c33-30-27(8-4-21-2-1-3-21)35-20-36-31(30)24-7-9-26-28(17-24)38-29(37-26)18-25-16-22(10-11-34-25)19-39-12-14-40(15-13-39)32(41)23-5-6-23/h7,9-11,16-17,20-21,23H,1-6,8,12-15,18-19H2,(H,37,38). The molecule has 0 unspecified atom stereocenters. The van der Waals surface area contributed by atoms with Gasteiger partial charge in [-0.3, -0.25) is 14.7 Å². The number of benzene rings is 1. The Hall–Kier alpha value is -3.72. The molecule has 7 rings (SSSR count). The van der Waals surface area contributed by atoms with E-state index in [1.807, 2.05) is 29.3 Å². The summed E-state index contributed by atoms with van der Waals surface area (Å²) in [7, 11) is 0. The quantitative estimate of drug-likeness (QED) is 0.316. The van der Waals surface area contributed by atoms with Gasteiger partial charge in [0.15, 0.2) is 5.82 Å². The second-order valence-electron chi connectivity index (χ2n) is 11.9. The molecule has 9 heteroatoms. The number of hydrogen-bond donors (Lipinski definition) is 1. The van der Waals surface area contributed by atoms with Crippen molar-refractivity contribution in [3.05, 3.63) is 71.4 Å². The van der Waals surface area contributed by atoms with Gasteiger partial charge in [-0.1, -0.05) is 25.3 Å². The summed E-state index contributed by atoms with van der Waals surface area (Å²) < 4.78 is 15.3. The summed E-state index contributed by atoms with van der Waals surface area (Å²) in [6, 6.07) is 9.92. The van der Waals surface area contributed by atoms with E-state index in [4.69, 9.17) is 4.98 Å². The maximum atomic E-state index is 15.3. The lowest BCUT2D eigenvalue weighted by molar-refractivity contribution is -0.134. The van der Waals surface area contributed by atoms with Gasteiger partial charge >= 0.3 is 0 Å². The summed E-state index contributed by atoms with van der Waals surface area (Å²) >= 11 is 0. The van der Waals surface area contributed by atoms with Crippen molar-refractivity contribution >= 4 is 16.9 Å². The van der Waals surface area contributed by atoms with Crippen LogP contribution in [0.2, 0.25) is 0 Å². The summed E-state index contributed by atoms with van der Waals surface area (Å²) in [6.45, 7) is 4.27. The number of amides is 1. The minimum absolute atomic E-state index is 0.293. The van der Waals surface area contributed by atoms with Gasteiger partial charge in [-0.05, 0) is 61.4 Å². The maximum absolute atomic E-state index is 15.3. The Labute approximate surface area is 239 Å². The van der Waals surface area contributed by atoms with Crippen molar-refractivity contribution in [2.24, 2.45) is 11.8 Å². The fraction of sp³-hybridized carbons (Fsp3) is 0.469. The van der Waals surface area contributed by atoms with Crippen LogP contribution in [0, 0.1) is 17.7 Å². The number of hydrogen-bond acceptors (Lipinski definition) is 6. The van der Waals surface area contributed by atoms with E-state index in [0.717, 1.165) is 80.1 Å². The van der Waals surface area contributed by atoms with Crippen LogP contribution in [0.15, 0.2) is 42.9 Å². The number of rotatable bonds is 9. The SMILES string of the molecule is O=C(C1CC1)N1CCN(Cc2ccnc(Cc3nc4ccc(-c5ncnc(CCC6CCC6)c5F)cc4[nH]3)c2)CC1. The number of carbonyl (C=O) groups is 1. The van der Waals surface area contributed by atoms with Crippen LogP contribution in [0.5, 0.6) is 0 Å². The zero-order valence-electron chi connectivity index (χ0n) is 23.4. The molecule has 1 amide bonds. The number of aryl methyl sites for hydroxylation is 1. The molecule has 2 aliphatic carbocycles. The van der Waals surface area contributed by atoms with Gasteiger partial charge in [0, 0.05) is 62.5 Å². The number of pyridine rings is 1. The summed E-state index contributed by atoms with van der Waals surface area (Å²) in [4.78, 5) is 38.1. The Bertz CT molecular complexity index is 1550. The van der Waals surface area contributed by atoms with Crippen LogP contribution in [-0.4, -0.2) is 66.8 Å². The fourth-order valence-electron chi connectivity index (χ4n) is 6.07. The topological polar surface area (TPSA) is 90.9 Å². The van der Waals surface area contributed by atoms with E-state index >= 15 is 4.39 Å². The fourth-order valence-corrected chi connectivity index (χ4v) is 6.07. The van der Waals surface area contributed by atoms with Crippen molar-refractivity contribution in [3.8, 4) is 11.3 Å². The zero-order valence-corrected chi connectivity index (χ0v) is 23.4. The highest BCUT2D eigenvalue weighted by Crippen LogP contribution is 2.32. The summed E-state index contributed by atoms with van der Waals surface area (Å²) in [5, 5.41) is 0. The van der Waals surface area contributed by atoms with Crippen molar-refractivity contribution in [2.75, 3.05) is 26.2 Å². The molecule has 0 bridgehead atoms. The van der Waals surface area contributed by atoms with Crippen LogP contribution >= 0.6 is 0 Å². The van der Waals surface area contributed by atoms with E-state index in [-0.39, 0.29) is 5.82 Å². The van der Waals surface area contributed by atoms with Crippen molar-refractivity contribution in [3.63, 3.8) is 0 Å². The molecule has 1 aliphatic heterocycles. The highest BCUT2D eigenvalue weighted by Gasteiger charge is 2.34. The second-order valence-corrected chi connectivity index (χ2v) is 11.9. The molecule has 3 aliphatic rings. The van der Waals surface area contributed by atoms with Gasteiger partial charge in [0.2, 0.25) is 5.91 Å². The number of piperazine rings is 1. The van der Waals surface area contributed by atoms with Crippen LogP contribution in [0.3, 0.4) is 0 Å². The number of imidazole rings is 1. The van der Waals surface area contributed by atoms with Gasteiger partial charge in [-0.15, -0.1) is 0 Å². The Kier molecular flexibility index (Phi) is 7.21. The highest BCUT2D eigenvalue weighted by molar-refractivity contribution is 5.82. The van der Waals surface area contributed by atoms with E-state index in [1.54, 1.807) is 0 Å². The normalized spacial score (nSPS) is 18.1. The smallest absolute Gasteiger partial charge is 0.225 e. The van der Waals surface area contributed by atoms with Crippen molar-refractivity contribution < 1.29 is 9.18 Å². The van der Waals surface area contributed by atoms with Crippen LogP contribution in [0.1, 0.15) is 61.3 Å². The van der Waals surface area contributed by atoms with E-state index in [1.165, 1.54) is 31.2 Å². The van der Waals surface area contributed by atoms with Crippen LogP contribution in [0.4, 0.5) is 4.39 Å². The Morgan fingerprint density at radius 3 is 2.63 bits per heavy atom. The minimum atomic E-state index is -0.317. The minimum Gasteiger partial charge on any atom is -0.342 e. The summed E-state index contributed by atoms with van der Waals surface area (Å²) in [6.07, 6.45) is 11.5. The molecule has 4 aromatic rings. The molecule has 0 radical (unpaired) electrons. The van der Waals surface area contributed by atoms with Crippen LogP contribution in [0.25, 0.3) is 22.3 Å². The number of H-pyrrole nitrogens is 1. The Morgan fingerprint density at radius 1 is 1.00 bits per heavy atom. The molecule has 2 saturated carbocycles. The Morgan fingerprint density at radius 2 is 1.85 bits per heavy atom. The zero-order chi connectivity index (χ0) is 27.8. The van der Waals surface area contributed by atoms with Crippen LogP contribution in [-0.2, 0) is 24.2 Å². The number of aromatic amines is 1. The third kappa shape index (κ3) is 5.86. The molecule has 8 nitrogen and oxygen atoms in total. The first kappa shape index (κ1) is 26.2. The molecule has 212 valence electrons. The van der Waals surface area contributed by atoms with E-state index in [2.05, 4.69) is 37.0 Å². The first-order valence-corrected chi connectivity index (χ1v) is 15.0. The van der Waals surface area contributed by atoms with E-state index in [0.29, 0.717) is 42.0 Å². The number of aromatic nitrogens is 5. The maximum Gasteiger partial charge on any atom is 0.225 e. The highest BCUT2D eigenvalue weighted by atomic mass is 19.1. The molecule has 1 saturated heterocycles. The van der Waals surface area contributed by atoms with Gasteiger partial charge < -0.3 is 9.88 Å². The van der Waals surface area contributed by atoms with E-state index < -0.39 is 0 Å². The Balaban J connectivity index is 1.01. The van der Waals surface area contributed by atoms with E-state index in [9.17, 15) is 4.79 Å². The number of nitrogens with one attached hydrogen (secondary N) is 1. The van der Waals surface area contributed by atoms with Crippen molar-refractivity contribution in [1.29, 1.82) is 0 Å². The molecule has 3 fully saturated rings. The number of halogens is 1. The number of carbonyl (C=O) groups excluding carboxylic acids is 1. The molecule has 41 heavy (non-hydrogen) atoms. The second kappa shape index (κ2) is 11.3. The third-order valence-electron chi connectivity index (χ3n) is 8.93. The molecule has 1 aromatic carbocycles. The lowest BCUT2D eigenvalue weighted by atomic mass is 9.82. The first-order chi connectivity index (χ1) is 20.1. The monoisotopic (exact) mass is 553 g/mol. The molecular weight excluding hydrogens is 517 g/mol. The molecule has 1 N–H and O–H groups in total. The molecular formula is C32H36FN7O. The van der Waals surface area contributed by atoms with Crippen molar-refractivity contribution in [1.82, 2.24) is 34.7 Å². The summed E-state index contributed by atoms with van der Waals surface area (Å²) in [5.74, 6) is 1.85. The lowest BCUT2D eigenvalue weighted by Gasteiger charge is -2.35. The number of fused-ring (bicyclic) bond motifs is 1. The predicted molar refractivity (Wildman–Crippen MR) is 154 cm³/mol. The molecule has 0 atom stereocenters. The average Bonchev–Trinajstić information content (AvgIpc) is 3.73. The van der Waals surface area contributed by atoms with Crippen LogP contribution < -0.4 is 0 Å². The van der Waals surface area contributed by atoms with Gasteiger partial charge in [-0.25, -0.2) is 19.3 Å². The van der Waals surface area contributed by atoms with Gasteiger partial charge in [0.05, 0.1) is 16.7 Å².